The summed E-state index contributed by atoms with van der Waals surface area (Å²) in [5.41, 5.74) is 1.47. The zero-order valence-corrected chi connectivity index (χ0v) is 12.6. The van der Waals surface area contributed by atoms with Gasteiger partial charge in [-0.25, -0.2) is 0 Å². The van der Waals surface area contributed by atoms with Gasteiger partial charge in [-0.15, -0.1) is 0 Å². The molecule has 1 fully saturated rings. The van der Waals surface area contributed by atoms with Crippen LogP contribution in [0.2, 0.25) is 0 Å². The smallest absolute Gasteiger partial charge is 0.103 e. The van der Waals surface area contributed by atoms with Crippen molar-refractivity contribution >= 4 is 21.6 Å². The molecule has 5 heteroatoms. The number of nitrogens with zero attached hydrogens (tertiary/aromatic N) is 1. The summed E-state index contributed by atoms with van der Waals surface area (Å²) in [5, 5.41) is 12.5. The second kappa shape index (κ2) is 6.38. The molecule has 1 aromatic carbocycles. The van der Waals surface area contributed by atoms with Crippen LogP contribution in [0.1, 0.15) is 18.9 Å². The maximum Gasteiger partial charge on any atom is 0.103 e. The third-order valence-corrected chi connectivity index (χ3v) is 3.84. The SMILES string of the molecule is CCOC1CC(Nc2cc(Br)ccc2C#N)C1OC. The van der Waals surface area contributed by atoms with Gasteiger partial charge >= 0.3 is 0 Å². The highest BCUT2D eigenvalue weighted by Crippen LogP contribution is 2.31. The van der Waals surface area contributed by atoms with Crippen LogP contribution in [-0.2, 0) is 9.47 Å². The van der Waals surface area contributed by atoms with Crippen LogP contribution in [-0.4, -0.2) is 32.0 Å². The lowest BCUT2D eigenvalue weighted by Crippen LogP contribution is -2.56. The molecule has 1 aliphatic rings. The van der Waals surface area contributed by atoms with Crippen LogP contribution in [0, 0.1) is 11.3 Å². The fraction of sp³-hybridized carbons (Fsp3) is 0.500. The lowest BCUT2D eigenvalue weighted by Gasteiger charge is -2.43. The van der Waals surface area contributed by atoms with Crippen LogP contribution in [0.15, 0.2) is 22.7 Å². The molecule has 0 amide bonds. The fourth-order valence-electron chi connectivity index (χ4n) is 2.35. The lowest BCUT2D eigenvalue weighted by molar-refractivity contribution is -0.118. The minimum Gasteiger partial charge on any atom is -0.378 e. The summed E-state index contributed by atoms with van der Waals surface area (Å²) in [5.74, 6) is 0. The number of methoxy groups -OCH3 is 1. The van der Waals surface area contributed by atoms with Gasteiger partial charge in [0.05, 0.1) is 23.4 Å². The quantitative estimate of drug-likeness (QED) is 0.904. The fourth-order valence-corrected chi connectivity index (χ4v) is 2.71. The van der Waals surface area contributed by atoms with Crippen molar-refractivity contribution < 1.29 is 9.47 Å². The number of hydrogen-bond donors (Lipinski definition) is 1. The summed E-state index contributed by atoms with van der Waals surface area (Å²) in [7, 11) is 1.69. The van der Waals surface area contributed by atoms with Crippen LogP contribution < -0.4 is 5.32 Å². The number of nitrogens with one attached hydrogen (secondary N) is 1. The molecule has 3 unspecified atom stereocenters. The van der Waals surface area contributed by atoms with E-state index in [0.717, 1.165) is 16.6 Å². The third-order valence-electron chi connectivity index (χ3n) is 3.35. The molecule has 102 valence electrons. The van der Waals surface area contributed by atoms with Crippen LogP contribution in [0.25, 0.3) is 0 Å². The molecule has 1 aliphatic carbocycles. The first-order valence-corrected chi connectivity index (χ1v) is 7.09. The Balaban J connectivity index is 2.06. The van der Waals surface area contributed by atoms with E-state index >= 15 is 0 Å². The van der Waals surface area contributed by atoms with E-state index in [1.807, 2.05) is 19.1 Å². The predicted octanol–water partition coefficient (Wildman–Crippen LogP) is 2.93. The molecular weight excluding hydrogens is 308 g/mol. The van der Waals surface area contributed by atoms with Gasteiger partial charge < -0.3 is 14.8 Å². The number of nitriles is 1. The van der Waals surface area contributed by atoms with Crippen molar-refractivity contribution in [2.45, 2.75) is 31.6 Å². The van der Waals surface area contributed by atoms with Gasteiger partial charge in [0.1, 0.15) is 12.2 Å². The Morgan fingerprint density at radius 3 is 2.95 bits per heavy atom. The molecule has 0 saturated heterocycles. The van der Waals surface area contributed by atoms with Crippen LogP contribution >= 0.6 is 15.9 Å². The van der Waals surface area contributed by atoms with Crippen molar-refractivity contribution in [1.82, 2.24) is 0 Å². The lowest BCUT2D eigenvalue weighted by atomic mass is 9.85. The zero-order chi connectivity index (χ0) is 13.8. The first-order valence-electron chi connectivity index (χ1n) is 6.30. The van der Waals surface area contributed by atoms with Gasteiger partial charge in [0.25, 0.3) is 0 Å². The Bertz CT molecular complexity index is 487. The normalized spacial score (nSPS) is 25.5. The molecule has 19 heavy (non-hydrogen) atoms. The number of ether oxygens (including phenoxy) is 2. The first-order chi connectivity index (χ1) is 9.19. The van der Waals surface area contributed by atoms with Crippen molar-refractivity contribution in [3.05, 3.63) is 28.2 Å². The Hall–Kier alpha value is -1.09. The van der Waals surface area contributed by atoms with Crippen molar-refractivity contribution in [2.75, 3.05) is 19.0 Å². The van der Waals surface area contributed by atoms with Gasteiger partial charge in [0.15, 0.2) is 0 Å². The van der Waals surface area contributed by atoms with Crippen molar-refractivity contribution in [2.24, 2.45) is 0 Å². The van der Waals surface area contributed by atoms with Gasteiger partial charge in [-0.3, -0.25) is 0 Å². The molecule has 3 atom stereocenters. The topological polar surface area (TPSA) is 54.3 Å². The van der Waals surface area contributed by atoms with E-state index in [-0.39, 0.29) is 18.2 Å². The monoisotopic (exact) mass is 324 g/mol. The van der Waals surface area contributed by atoms with E-state index in [9.17, 15) is 0 Å². The highest BCUT2D eigenvalue weighted by Gasteiger charge is 2.42. The molecule has 0 heterocycles. The molecule has 0 aliphatic heterocycles. The average Bonchev–Trinajstić information content (AvgIpc) is 2.38. The maximum atomic E-state index is 9.11. The number of halogens is 1. The molecule has 0 aromatic heterocycles. The highest BCUT2D eigenvalue weighted by atomic mass is 79.9. The number of rotatable bonds is 5. The highest BCUT2D eigenvalue weighted by molar-refractivity contribution is 9.10. The summed E-state index contributed by atoms with van der Waals surface area (Å²) in [6, 6.07) is 7.95. The van der Waals surface area contributed by atoms with E-state index in [4.69, 9.17) is 14.7 Å². The second-order valence-electron chi connectivity index (χ2n) is 4.48. The Labute approximate surface area is 121 Å². The van der Waals surface area contributed by atoms with E-state index in [0.29, 0.717) is 12.2 Å². The van der Waals surface area contributed by atoms with Crippen molar-refractivity contribution in [1.29, 1.82) is 5.26 Å². The van der Waals surface area contributed by atoms with Gasteiger partial charge in [-0.2, -0.15) is 5.26 Å². The molecular formula is C14H17BrN2O2. The van der Waals surface area contributed by atoms with Gasteiger partial charge in [0, 0.05) is 18.2 Å². The minimum atomic E-state index is 0.0328. The standard InChI is InChI=1S/C14H17BrN2O2/c1-3-19-13-7-12(14(13)18-2)17-11-6-10(15)5-4-9(11)8-16/h4-6,12-14,17H,3,7H2,1-2H3. The van der Waals surface area contributed by atoms with Crippen LogP contribution in [0.5, 0.6) is 0 Å². The van der Waals surface area contributed by atoms with Crippen molar-refractivity contribution in [3.63, 3.8) is 0 Å². The summed E-state index contributed by atoms with van der Waals surface area (Å²) >= 11 is 3.42. The second-order valence-corrected chi connectivity index (χ2v) is 5.40. The van der Waals surface area contributed by atoms with Gasteiger partial charge in [-0.1, -0.05) is 15.9 Å². The molecule has 4 nitrogen and oxygen atoms in total. The number of anilines is 1. The molecule has 0 spiro atoms. The largest absolute Gasteiger partial charge is 0.378 e. The van der Waals surface area contributed by atoms with E-state index in [2.05, 4.69) is 27.3 Å². The minimum absolute atomic E-state index is 0.0328. The van der Waals surface area contributed by atoms with Crippen molar-refractivity contribution in [3.8, 4) is 6.07 Å². The van der Waals surface area contributed by atoms with Crippen LogP contribution in [0.4, 0.5) is 5.69 Å². The average molecular weight is 325 g/mol. The molecule has 2 rings (SSSR count). The Morgan fingerprint density at radius 1 is 1.53 bits per heavy atom. The summed E-state index contributed by atoms with van der Waals surface area (Å²) in [6.07, 6.45) is 1.07. The van der Waals surface area contributed by atoms with E-state index < -0.39 is 0 Å². The first kappa shape index (κ1) is 14.3. The van der Waals surface area contributed by atoms with Crippen LogP contribution in [0.3, 0.4) is 0 Å². The summed E-state index contributed by atoms with van der Waals surface area (Å²) in [6.45, 7) is 2.67. The molecule has 0 bridgehead atoms. The number of benzene rings is 1. The molecule has 1 aromatic rings. The Morgan fingerprint density at radius 2 is 2.32 bits per heavy atom. The molecule has 0 radical (unpaired) electrons. The maximum absolute atomic E-state index is 9.11. The predicted molar refractivity (Wildman–Crippen MR) is 77.1 cm³/mol. The third kappa shape index (κ3) is 3.08. The molecule has 1 saturated carbocycles. The van der Waals surface area contributed by atoms with Gasteiger partial charge in [0.2, 0.25) is 0 Å². The zero-order valence-electron chi connectivity index (χ0n) is 11.0. The van der Waals surface area contributed by atoms with Gasteiger partial charge in [-0.05, 0) is 31.5 Å². The molecule has 1 N–H and O–H groups in total. The Kier molecular flexibility index (Phi) is 4.81. The van der Waals surface area contributed by atoms with E-state index in [1.165, 1.54) is 0 Å². The van der Waals surface area contributed by atoms with E-state index in [1.54, 1.807) is 13.2 Å². The summed E-state index contributed by atoms with van der Waals surface area (Å²) < 4.78 is 12.0. The summed E-state index contributed by atoms with van der Waals surface area (Å²) in [4.78, 5) is 0. The number of hydrogen-bond acceptors (Lipinski definition) is 4.